The Morgan fingerprint density at radius 3 is 2.48 bits per heavy atom. The number of carbonyl (C=O) groups excluding carboxylic acids is 1. The van der Waals surface area contributed by atoms with Crippen LogP contribution in [0.5, 0.6) is 0 Å². The Hall–Kier alpha value is -2.44. The largest absolute Gasteiger partial charge is 0.458 e. The molecule has 0 unspecified atom stereocenters. The Kier molecular flexibility index (Phi) is 6.42. The van der Waals surface area contributed by atoms with E-state index in [2.05, 4.69) is 0 Å². The highest BCUT2D eigenvalue weighted by atomic mass is 32.2. The van der Waals surface area contributed by atoms with Crippen LogP contribution >= 0.6 is 0 Å². The Bertz CT molecular complexity index is 901. The molecule has 3 rings (SSSR count). The van der Waals surface area contributed by atoms with Crippen molar-refractivity contribution in [2.24, 2.45) is 0 Å². The summed E-state index contributed by atoms with van der Waals surface area (Å²) in [6.45, 7) is 1.18. The van der Waals surface area contributed by atoms with Crippen LogP contribution in [0.4, 0.5) is 0 Å². The molecule has 6 heteroatoms. The topological polar surface area (TPSA) is 63.7 Å². The first-order chi connectivity index (χ1) is 13.1. The van der Waals surface area contributed by atoms with Crippen LogP contribution in [0.2, 0.25) is 0 Å². The molecular formula is C21H23NO4S. The molecule has 0 aliphatic carbocycles. The van der Waals surface area contributed by atoms with Gasteiger partial charge in [0.2, 0.25) is 10.0 Å². The van der Waals surface area contributed by atoms with Gasteiger partial charge in [0.05, 0.1) is 10.5 Å². The van der Waals surface area contributed by atoms with E-state index >= 15 is 0 Å². The van der Waals surface area contributed by atoms with Gasteiger partial charge < -0.3 is 4.74 Å². The Labute approximate surface area is 160 Å². The number of esters is 1. The fraction of sp³-hybridized carbons (Fsp3) is 0.286. The molecule has 5 nitrogen and oxygen atoms in total. The third-order valence-corrected chi connectivity index (χ3v) is 6.34. The minimum absolute atomic E-state index is 0.122. The zero-order chi connectivity index (χ0) is 19.1. The molecule has 0 aromatic heterocycles. The van der Waals surface area contributed by atoms with Crippen LogP contribution < -0.4 is 0 Å². The average Bonchev–Trinajstić information content (AvgIpc) is 2.72. The summed E-state index contributed by atoms with van der Waals surface area (Å²) in [7, 11) is -3.57. The number of piperidine rings is 1. The van der Waals surface area contributed by atoms with Crippen molar-refractivity contribution in [3.05, 3.63) is 71.8 Å². The lowest BCUT2D eigenvalue weighted by Crippen LogP contribution is -2.35. The van der Waals surface area contributed by atoms with Gasteiger partial charge in [-0.25, -0.2) is 13.2 Å². The first kappa shape index (κ1) is 19.3. The Morgan fingerprint density at radius 2 is 1.74 bits per heavy atom. The van der Waals surface area contributed by atoms with Gasteiger partial charge in [-0.05, 0) is 42.7 Å². The summed E-state index contributed by atoms with van der Waals surface area (Å²) in [5, 5.41) is 0. The summed E-state index contributed by atoms with van der Waals surface area (Å²) in [5.74, 6) is -0.539. The fourth-order valence-electron chi connectivity index (χ4n) is 2.99. The summed E-state index contributed by atoms with van der Waals surface area (Å²) >= 11 is 0. The monoisotopic (exact) mass is 385 g/mol. The predicted molar refractivity (Wildman–Crippen MR) is 105 cm³/mol. The van der Waals surface area contributed by atoms with Gasteiger partial charge in [-0.2, -0.15) is 4.31 Å². The smallest absolute Gasteiger partial charge is 0.338 e. The Balaban J connectivity index is 1.64. The first-order valence-electron chi connectivity index (χ1n) is 9.06. The minimum Gasteiger partial charge on any atom is -0.458 e. The second-order valence-corrected chi connectivity index (χ2v) is 8.34. The molecule has 1 saturated heterocycles. The lowest BCUT2D eigenvalue weighted by molar-refractivity contribution is 0.0550. The number of rotatable bonds is 6. The van der Waals surface area contributed by atoms with E-state index in [9.17, 15) is 13.2 Å². The lowest BCUT2D eigenvalue weighted by atomic mass is 10.2. The van der Waals surface area contributed by atoms with E-state index in [4.69, 9.17) is 4.74 Å². The number of hydrogen-bond acceptors (Lipinski definition) is 4. The van der Waals surface area contributed by atoms with Crippen LogP contribution in [0.1, 0.15) is 35.2 Å². The molecule has 0 atom stereocenters. The number of carbonyl (C=O) groups is 1. The average molecular weight is 385 g/mol. The molecule has 1 aliphatic rings. The molecule has 2 aromatic rings. The lowest BCUT2D eigenvalue weighted by Gasteiger charge is -2.25. The molecule has 0 radical (unpaired) electrons. The molecule has 1 aliphatic heterocycles. The number of nitrogens with zero attached hydrogens (tertiary/aromatic N) is 1. The van der Waals surface area contributed by atoms with Crippen LogP contribution in [-0.2, 0) is 14.8 Å². The molecule has 27 heavy (non-hydrogen) atoms. The van der Waals surface area contributed by atoms with E-state index in [0.717, 1.165) is 24.8 Å². The van der Waals surface area contributed by atoms with E-state index in [1.54, 1.807) is 18.2 Å². The molecule has 142 valence electrons. The van der Waals surface area contributed by atoms with Gasteiger partial charge in [0, 0.05) is 13.1 Å². The highest BCUT2D eigenvalue weighted by molar-refractivity contribution is 7.89. The molecule has 0 saturated carbocycles. The van der Waals surface area contributed by atoms with Crippen LogP contribution in [0.25, 0.3) is 6.08 Å². The Morgan fingerprint density at radius 1 is 1.00 bits per heavy atom. The third-order valence-electron chi connectivity index (χ3n) is 4.44. The molecule has 1 fully saturated rings. The second kappa shape index (κ2) is 8.97. The van der Waals surface area contributed by atoms with Gasteiger partial charge in [-0.15, -0.1) is 0 Å². The summed E-state index contributed by atoms with van der Waals surface area (Å²) < 4.78 is 32.2. The van der Waals surface area contributed by atoms with Gasteiger partial charge >= 0.3 is 5.97 Å². The second-order valence-electron chi connectivity index (χ2n) is 6.40. The summed E-state index contributed by atoms with van der Waals surface area (Å²) in [4.78, 5) is 12.4. The van der Waals surface area contributed by atoms with Gasteiger partial charge in [-0.1, -0.05) is 48.9 Å². The van der Waals surface area contributed by atoms with E-state index in [1.807, 2.05) is 36.4 Å². The normalized spacial score (nSPS) is 15.7. The minimum atomic E-state index is -3.57. The molecule has 0 amide bonds. The summed E-state index contributed by atoms with van der Waals surface area (Å²) in [6, 6.07) is 15.8. The van der Waals surface area contributed by atoms with Crippen LogP contribution in [0, 0.1) is 0 Å². The van der Waals surface area contributed by atoms with Crippen molar-refractivity contribution in [2.75, 3.05) is 19.7 Å². The highest BCUT2D eigenvalue weighted by Crippen LogP contribution is 2.21. The quantitative estimate of drug-likeness (QED) is 0.711. The number of hydrogen-bond donors (Lipinski definition) is 0. The number of ether oxygens (including phenoxy) is 1. The maximum Gasteiger partial charge on any atom is 0.338 e. The van der Waals surface area contributed by atoms with E-state index < -0.39 is 16.0 Å². The standard InChI is InChI=1S/C21H23NO4S/c23-21(26-16-8-11-18-9-3-1-4-10-18)19-12-7-13-20(17-19)27(24,25)22-14-5-2-6-15-22/h1,3-4,7-13,17H,2,5-6,14-16H2/b11-8+. The molecule has 1 heterocycles. The van der Waals surface area contributed by atoms with E-state index in [1.165, 1.54) is 16.4 Å². The number of sulfonamides is 1. The van der Waals surface area contributed by atoms with Gasteiger partial charge in [0.25, 0.3) is 0 Å². The van der Waals surface area contributed by atoms with Crippen molar-refractivity contribution in [3.63, 3.8) is 0 Å². The van der Waals surface area contributed by atoms with Crippen molar-refractivity contribution in [1.29, 1.82) is 0 Å². The van der Waals surface area contributed by atoms with Gasteiger partial charge in [-0.3, -0.25) is 0 Å². The van der Waals surface area contributed by atoms with Crippen molar-refractivity contribution in [1.82, 2.24) is 4.31 Å². The number of benzene rings is 2. The molecule has 0 N–H and O–H groups in total. The zero-order valence-corrected chi connectivity index (χ0v) is 15.9. The van der Waals surface area contributed by atoms with E-state index in [0.29, 0.717) is 13.1 Å². The van der Waals surface area contributed by atoms with Crippen LogP contribution in [0.3, 0.4) is 0 Å². The van der Waals surface area contributed by atoms with Gasteiger partial charge in [0.15, 0.2) is 0 Å². The third kappa shape index (κ3) is 5.05. The highest BCUT2D eigenvalue weighted by Gasteiger charge is 2.26. The maximum absolute atomic E-state index is 12.7. The van der Waals surface area contributed by atoms with Crippen molar-refractivity contribution in [3.8, 4) is 0 Å². The molecule has 2 aromatic carbocycles. The summed E-state index contributed by atoms with van der Waals surface area (Å²) in [6.07, 6.45) is 6.41. The van der Waals surface area contributed by atoms with Crippen molar-refractivity contribution in [2.45, 2.75) is 24.2 Å². The van der Waals surface area contributed by atoms with Crippen molar-refractivity contribution < 1.29 is 17.9 Å². The van der Waals surface area contributed by atoms with Crippen LogP contribution in [0.15, 0.2) is 65.6 Å². The predicted octanol–water partition coefficient (Wildman–Crippen LogP) is 3.73. The van der Waals surface area contributed by atoms with Crippen LogP contribution in [-0.4, -0.2) is 38.4 Å². The molecular weight excluding hydrogens is 362 g/mol. The zero-order valence-electron chi connectivity index (χ0n) is 15.1. The maximum atomic E-state index is 12.7. The SMILES string of the molecule is O=C(OC/C=C/c1ccccc1)c1cccc(S(=O)(=O)N2CCCCC2)c1. The van der Waals surface area contributed by atoms with E-state index in [-0.39, 0.29) is 17.1 Å². The molecule has 0 bridgehead atoms. The summed E-state index contributed by atoms with van der Waals surface area (Å²) in [5.41, 5.74) is 1.25. The molecule has 0 spiro atoms. The first-order valence-corrected chi connectivity index (χ1v) is 10.5. The fourth-order valence-corrected chi connectivity index (χ4v) is 4.56. The van der Waals surface area contributed by atoms with Crippen molar-refractivity contribution >= 4 is 22.1 Å². The van der Waals surface area contributed by atoms with Gasteiger partial charge in [0.1, 0.15) is 6.61 Å².